The van der Waals surface area contributed by atoms with Crippen LogP contribution in [0.2, 0.25) is 0 Å². The Bertz CT molecular complexity index is 470. The summed E-state index contributed by atoms with van der Waals surface area (Å²) >= 11 is 0. The molecule has 1 atom stereocenters. The molecule has 1 unspecified atom stereocenters. The quantitative estimate of drug-likeness (QED) is 0.615. The molecule has 94 valence electrons. The summed E-state index contributed by atoms with van der Waals surface area (Å²) in [7, 11) is -4.94. The van der Waals surface area contributed by atoms with Crippen molar-refractivity contribution in [2.24, 2.45) is 0 Å². The van der Waals surface area contributed by atoms with Gasteiger partial charge in [0.25, 0.3) is 10.2 Å². The van der Waals surface area contributed by atoms with Gasteiger partial charge in [0.2, 0.25) is 0 Å². The highest BCUT2D eigenvalue weighted by molar-refractivity contribution is 7.91. The molecule has 2 aliphatic heterocycles. The average Bonchev–Trinajstić information content (AvgIpc) is 2.51. The molecule has 0 spiro atoms. The Kier molecular flexibility index (Phi) is 3.02. The maximum atomic E-state index is 12.0. The van der Waals surface area contributed by atoms with Crippen molar-refractivity contribution in [3.63, 3.8) is 0 Å². The highest BCUT2D eigenvalue weighted by Crippen LogP contribution is 2.24. The van der Waals surface area contributed by atoms with E-state index in [2.05, 4.69) is 0 Å². The van der Waals surface area contributed by atoms with Crippen molar-refractivity contribution in [1.82, 2.24) is 8.61 Å². The SMILES string of the molecule is CN1CCCN(C2CCS(=O)(=O)C2)S1(=O)=O. The fourth-order valence-electron chi connectivity index (χ4n) is 2.23. The van der Waals surface area contributed by atoms with Gasteiger partial charge in [-0.1, -0.05) is 0 Å². The Morgan fingerprint density at radius 1 is 1.12 bits per heavy atom. The van der Waals surface area contributed by atoms with E-state index in [-0.39, 0.29) is 17.5 Å². The molecule has 0 N–H and O–H groups in total. The Morgan fingerprint density at radius 3 is 2.38 bits per heavy atom. The van der Waals surface area contributed by atoms with Gasteiger partial charge in [-0.05, 0) is 12.8 Å². The van der Waals surface area contributed by atoms with Crippen molar-refractivity contribution in [1.29, 1.82) is 0 Å². The van der Waals surface area contributed by atoms with Crippen LogP contribution in [0, 0.1) is 0 Å². The molecule has 0 radical (unpaired) electrons. The minimum absolute atomic E-state index is 0.0277. The van der Waals surface area contributed by atoms with Crippen LogP contribution in [0.4, 0.5) is 0 Å². The second-order valence-corrected chi connectivity index (χ2v) is 8.57. The zero-order chi connectivity index (χ0) is 12.0. The smallest absolute Gasteiger partial charge is 0.229 e. The molecule has 0 bridgehead atoms. The van der Waals surface area contributed by atoms with E-state index in [0.29, 0.717) is 19.5 Å². The molecule has 0 saturated carbocycles. The van der Waals surface area contributed by atoms with E-state index in [9.17, 15) is 16.8 Å². The standard InChI is InChI=1S/C8H16N2O4S2/c1-9-4-2-5-10(16(9,13)14)8-3-6-15(11,12)7-8/h8H,2-7H2,1H3. The monoisotopic (exact) mass is 268 g/mol. The molecular weight excluding hydrogens is 252 g/mol. The van der Waals surface area contributed by atoms with Crippen LogP contribution >= 0.6 is 0 Å². The molecule has 2 aliphatic rings. The van der Waals surface area contributed by atoms with E-state index in [1.54, 1.807) is 0 Å². The van der Waals surface area contributed by atoms with Crippen LogP contribution in [0.25, 0.3) is 0 Å². The third-order valence-electron chi connectivity index (χ3n) is 3.16. The van der Waals surface area contributed by atoms with E-state index < -0.39 is 20.0 Å². The van der Waals surface area contributed by atoms with Crippen LogP contribution in [0.15, 0.2) is 0 Å². The first-order valence-electron chi connectivity index (χ1n) is 5.26. The van der Waals surface area contributed by atoms with Crippen LogP contribution in [0.5, 0.6) is 0 Å². The zero-order valence-corrected chi connectivity index (χ0v) is 10.8. The van der Waals surface area contributed by atoms with E-state index in [0.717, 1.165) is 6.42 Å². The highest BCUT2D eigenvalue weighted by atomic mass is 32.2. The number of hydrogen-bond acceptors (Lipinski definition) is 4. The molecule has 0 aromatic heterocycles. The lowest BCUT2D eigenvalue weighted by Gasteiger charge is -2.35. The van der Waals surface area contributed by atoms with Gasteiger partial charge in [0, 0.05) is 26.2 Å². The zero-order valence-electron chi connectivity index (χ0n) is 9.16. The topological polar surface area (TPSA) is 74.8 Å². The van der Waals surface area contributed by atoms with E-state index in [4.69, 9.17) is 0 Å². The van der Waals surface area contributed by atoms with Crippen LogP contribution < -0.4 is 0 Å². The Balaban J connectivity index is 2.22. The first-order valence-corrected chi connectivity index (χ1v) is 8.48. The Labute approximate surface area is 96.3 Å². The molecule has 16 heavy (non-hydrogen) atoms. The largest absolute Gasteiger partial charge is 0.282 e. The van der Waals surface area contributed by atoms with Crippen molar-refractivity contribution < 1.29 is 16.8 Å². The van der Waals surface area contributed by atoms with Gasteiger partial charge in [-0.3, -0.25) is 0 Å². The van der Waals surface area contributed by atoms with Crippen LogP contribution in [-0.4, -0.2) is 63.1 Å². The maximum Gasteiger partial charge on any atom is 0.282 e. The van der Waals surface area contributed by atoms with Gasteiger partial charge in [-0.15, -0.1) is 0 Å². The first kappa shape index (κ1) is 12.3. The summed E-state index contributed by atoms with van der Waals surface area (Å²) in [5.74, 6) is 0.0769. The van der Waals surface area contributed by atoms with Gasteiger partial charge < -0.3 is 0 Å². The maximum absolute atomic E-state index is 12.0. The van der Waals surface area contributed by atoms with Crippen LogP contribution in [0.1, 0.15) is 12.8 Å². The molecule has 2 saturated heterocycles. The van der Waals surface area contributed by atoms with Gasteiger partial charge in [0.15, 0.2) is 9.84 Å². The van der Waals surface area contributed by atoms with Gasteiger partial charge in [0.05, 0.1) is 11.5 Å². The third kappa shape index (κ3) is 2.11. The Hall–Kier alpha value is -0.180. The molecule has 2 fully saturated rings. The summed E-state index contributed by atoms with van der Waals surface area (Å²) in [4.78, 5) is 0. The normalized spacial score (nSPS) is 35.2. The van der Waals surface area contributed by atoms with Crippen LogP contribution in [0.3, 0.4) is 0 Å². The molecule has 2 heterocycles. The van der Waals surface area contributed by atoms with Crippen LogP contribution in [-0.2, 0) is 20.0 Å². The van der Waals surface area contributed by atoms with Crippen molar-refractivity contribution in [3.05, 3.63) is 0 Å². The predicted octanol–water partition coefficient (Wildman–Crippen LogP) is -0.944. The third-order valence-corrected chi connectivity index (χ3v) is 6.95. The van der Waals surface area contributed by atoms with Crippen molar-refractivity contribution in [2.45, 2.75) is 18.9 Å². The summed E-state index contributed by atoms with van der Waals surface area (Å²) < 4.78 is 49.3. The molecule has 0 amide bonds. The van der Waals surface area contributed by atoms with Crippen molar-refractivity contribution in [2.75, 3.05) is 31.6 Å². The number of rotatable bonds is 1. The fourth-order valence-corrected chi connectivity index (χ4v) is 5.69. The van der Waals surface area contributed by atoms with Gasteiger partial charge >= 0.3 is 0 Å². The van der Waals surface area contributed by atoms with Gasteiger partial charge in [0.1, 0.15) is 0 Å². The molecule has 6 nitrogen and oxygen atoms in total. The number of nitrogens with zero attached hydrogens (tertiary/aromatic N) is 2. The summed E-state index contributed by atoms with van der Waals surface area (Å²) in [5, 5.41) is 0. The number of hydrogen-bond donors (Lipinski definition) is 0. The molecule has 0 aliphatic carbocycles. The van der Waals surface area contributed by atoms with E-state index >= 15 is 0 Å². The van der Waals surface area contributed by atoms with Gasteiger partial charge in [-0.2, -0.15) is 17.0 Å². The summed E-state index contributed by atoms with van der Waals surface area (Å²) in [5.41, 5.74) is 0. The molecule has 0 aromatic carbocycles. The molecule has 2 rings (SSSR count). The molecule has 0 aromatic rings. The lowest BCUT2D eigenvalue weighted by Crippen LogP contribution is -2.52. The second kappa shape index (κ2) is 3.94. The summed E-state index contributed by atoms with van der Waals surface area (Å²) in [6, 6.07) is -0.363. The minimum atomic E-state index is -3.43. The van der Waals surface area contributed by atoms with Crippen molar-refractivity contribution >= 4 is 20.0 Å². The summed E-state index contributed by atoms with van der Waals surface area (Å²) in [6.07, 6.45) is 1.18. The lowest BCUT2D eigenvalue weighted by molar-refractivity contribution is 0.267. The average molecular weight is 268 g/mol. The van der Waals surface area contributed by atoms with Crippen molar-refractivity contribution in [3.8, 4) is 0 Å². The fraction of sp³-hybridized carbons (Fsp3) is 1.00. The lowest BCUT2D eigenvalue weighted by atomic mass is 10.2. The molecule has 8 heteroatoms. The minimum Gasteiger partial charge on any atom is -0.229 e. The summed E-state index contributed by atoms with van der Waals surface area (Å²) in [6.45, 7) is 0.950. The van der Waals surface area contributed by atoms with E-state index in [1.807, 2.05) is 0 Å². The van der Waals surface area contributed by atoms with Gasteiger partial charge in [-0.25, -0.2) is 8.42 Å². The first-order chi connectivity index (χ1) is 7.33. The number of sulfone groups is 1. The predicted molar refractivity (Wildman–Crippen MR) is 59.9 cm³/mol. The van der Waals surface area contributed by atoms with E-state index in [1.165, 1.54) is 15.7 Å². The Morgan fingerprint density at radius 2 is 1.81 bits per heavy atom. The highest BCUT2D eigenvalue weighted by Gasteiger charge is 2.41. The second-order valence-electron chi connectivity index (χ2n) is 4.35. The molecular formula is C8H16N2O4S2.